The van der Waals surface area contributed by atoms with E-state index in [0.29, 0.717) is 5.76 Å². The zero-order chi connectivity index (χ0) is 18.0. The first-order valence-electron chi connectivity index (χ1n) is 8.74. The van der Waals surface area contributed by atoms with Crippen LogP contribution < -0.4 is 5.32 Å². The number of rotatable bonds is 4. The summed E-state index contributed by atoms with van der Waals surface area (Å²) in [5.74, 6) is 0.362. The number of carbonyl (C=O) groups is 1. The molecule has 26 heavy (non-hydrogen) atoms. The molecule has 1 aliphatic carbocycles. The van der Waals surface area contributed by atoms with Gasteiger partial charge in [0.05, 0.1) is 11.6 Å². The number of hydrogen-bond donors (Lipinski definition) is 1. The molecule has 3 aromatic rings. The Kier molecular flexibility index (Phi) is 4.29. The Morgan fingerprint density at radius 1 is 1.04 bits per heavy atom. The summed E-state index contributed by atoms with van der Waals surface area (Å²) in [7, 11) is 0. The van der Waals surface area contributed by atoms with Gasteiger partial charge in [0.25, 0.3) is 0 Å². The molecule has 1 N–H and O–H groups in total. The molecule has 0 bridgehead atoms. The molecule has 0 unspecified atom stereocenters. The van der Waals surface area contributed by atoms with Gasteiger partial charge in [0.2, 0.25) is 5.91 Å². The van der Waals surface area contributed by atoms with E-state index in [1.165, 1.54) is 18.5 Å². The first-order valence-corrected chi connectivity index (χ1v) is 8.74. The molecule has 1 aliphatic rings. The fourth-order valence-electron chi connectivity index (χ4n) is 3.72. The fourth-order valence-corrected chi connectivity index (χ4v) is 3.72. The second-order valence-corrected chi connectivity index (χ2v) is 6.69. The minimum atomic E-state index is -0.586. The maximum Gasteiger partial charge on any atom is 0.235 e. The Morgan fingerprint density at radius 3 is 2.35 bits per heavy atom. The van der Waals surface area contributed by atoms with Crippen LogP contribution in [-0.4, -0.2) is 10.9 Å². The third kappa shape index (κ3) is 3.01. The van der Waals surface area contributed by atoms with Crippen molar-refractivity contribution in [3.05, 3.63) is 72.5 Å². The second kappa shape index (κ2) is 6.75. The predicted molar refractivity (Wildman–Crippen MR) is 97.1 cm³/mol. The minimum Gasteiger partial charge on any atom is -0.444 e. The maximum absolute atomic E-state index is 13.3. The van der Waals surface area contributed by atoms with Crippen LogP contribution in [0.4, 0.5) is 10.1 Å². The highest BCUT2D eigenvalue weighted by Gasteiger charge is 2.42. The van der Waals surface area contributed by atoms with Crippen molar-refractivity contribution >= 4 is 11.6 Å². The number of anilines is 1. The van der Waals surface area contributed by atoms with Crippen molar-refractivity contribution < 1.29 is 13.6 Å². The van der Waals surface area contributed by atoms with E-state index in [9.17, 15) is 9.18 Å². The van der Waals surface area contributed by atoms with Gasteiger partial charge in [0.1, 0.15) is 5.82 Å². The van der Waals surface area contributed by atoms with Gasteiger partial charge in [-0.2, -0.15) is 0 Å². The van der Waals surface area contributed by atoms with E-state index in [2.05, 4.69) is 10.3 Å². The summed E-state index contributed by atoms with van der Waals surface area (Å²) < 4.78 is 18.6. The Morgan fingerprint density at radius 2 is 1.73 bits per heavy atom. The first kappa shape index (κ1) is 16.5. The van der Waals surface area contributed by atoms with Crippen molar-refractivity contribution in [2.24, 2.45) is 0 Å². The lowest BCUT2D eigenvalue weighted by Gasteiger charge is -2.28. The van der Waals surface area contributed by atoms with Gasteiger partial charge in [-0.05, 0) is 54.8 Å². The molecule has 2 aromatic carbocycles. The van der Waals surface area contributed by atoms with E-state index in [4.69, 9.17) is 4.42 Å². The molecule has 132 valence electrons. The molecule has 0 spiro atoms. The average molecular weight is 350 g/mol. The van der Waals surface area contributed by atoms with Crippen LogP contribution in [0.1, 0.15) is 31.2 Å². The summed E-state index contributed by atoms with van der Waals surface area (Å²) in [5, 5.41) is 3.03. The zero-order valence-corrected chi connectivity index (χ0v) is 14.2. The van der Waals surface area contributed by atoms with Crippen molar-refractivity contribution in [3.63, 3.8) is 0 Å². The number of nitrogens with one attached hydrogen (secondary N) is 1. The lowest BCUT2D eigenvalue weighted by Crippen LogP contribution is -2.38. The molecule has 5 heteroatoms. The molecular formula is C21H19FN2O2. The number of halogens is 1. The Hall–Kier alpha value is -2.95. The molecule has 0 aliphatic heterocycles. The molecule has 1 aromatic heterocycles. The molecule has 1 heterocycles. The van der Waals surface area contributed by atoms with Gasteiger partial charge in [-0.15, -0.1) is 0 Å². The van der Waals surface area contributed by atoms with Crippen LogP contribution in [0.3, 0.4) is 0 Å². The first-order chi connectivity index (χ1) is 12.7. The summed E-state index contributed by atoms with van der Waals surface area (Å²) >= 11 is 0. The SMILES string of the molecule is O=C(Nc1ccc(-c2cnco2)cc1)C1(c2ccc(F)cc2)CCCC1. The van der Waals surface area contributed by atoms with Gasteiger partial charge in [-0.3, -0.25) is 4.79 Å². The highest BCUT2D eigenvalue weighted by molar-refractivity contribution is 5.99. The van der Waals surface area contributed by atoms with E-state index >= 15 is 0 Å². The van der Waals surface area contributed by atoms with Crippen molar-refractivity contribution in [2.75, 3.05) is 5.32 Å². The molecule has 1 fully saturated rings. The summed E-state index contributed by atoms with van der Waals surface area (Å²) in [4.78, 5) is 17.0. The van der Waals surface area contributed by atoms with E-state index in [0.717, 1.165) is 42.5 Å². The molecule has 4 rings (SSSR count). The molecule has 4 nitrogen and oxygen atoms in total. The predicted octanol–water partition coefficient (Wildman–Crippen LogP) is 4.93. The van der Waals surface area contributed by atoms with Crippen molar-refractivity contribution in [2.45, 2.75) is 31.1 Å². The van der Waals surface area contributed by atoms with Gasteiger partial charge in [0, 0.05) is 11.3 Å². The lowest BCUT2D eigenvalue weighted by atomic mass is 9.78. The molecule has 0 saturated heterocycles. The topological polar surface area (TPSA) is 55.1 Å². The van der Waals surface area contributed by atoms with Gasteiger partial charge in [-0.25, -0.2) is 9.37 Å². The highest BCUT2D eigenvalue weighted by atomic mass is 19.1. The minimum absolute atomic E-state index is 0.0333. The van der Waals surface area contributed by atoms with Gasteiger partial charge < -0.3 is 9.73 Å². The molecule has 1 saturated carbocycles. The van der Waals surface area contributed by atoms with E-state index in [1.807, 2.05) is 24.3 Å². The fraction of sp³-hybridized carbons (Fsp3) is 0.238. The molecule has 0 atom stereocenters. The molecule has 1 amide bonds. The Labute approximate surface area is 151 Å². The van der Waals surface area contributed by atoms with E-state index < -0.39 is 5.41 Å². The number of hydrogen-bond acceptors (Lipinski definition) is 3. The summed E-state index contributed by atoms with van der Waals surface area (Å²) in [6.45, 7) is 0. The Bertz CT molecular complexity index is 881. The Balaban J connectivity index is 1.56. The van der Waals surface area contributed by atoms with Gasteiger partial charge in [-0.1, -0.05) is 25.0 Å². The number of aromatic nitrogens is 1. The quantitative estimate of drug-likeness (QED) is 0.726. The lowest BCUT2D eigenvalue weighted by molar-refractivity contribution is -0.121. The van der Waals surface area contributed by atoms with E-state index in [1.54, 1.807) is 18.3 Å². The third-order valence-electron chi connectivity index (χ3n) is 5.15. The van der Waals surface area contributed by atoms with Crippen molar-refractivity contribution in [3.8, 4) is 11.3 Å². The number of benzene rings is 2. The van der Waals surface area contributed by atoms with Crippen LogP contribution >= 0.6 is 0 Å². The summed E-state index contributed by atoms with van der Waals surface area (Å²) in [6, 6.07) is 13.8. The summed E-state index contributed by atoms with van der Waals surface area (Å²) in [5.41, 5.74) is 1.92. The number of amides is 1. The summed E-state index contributed by atoms with van der Waals surface area (Å²) in [6.07, 6.45) is 6.58. The van der Waals surface area contributed by atoms with Crippen molar-refractivity contribution in [1.82, 2.24) is 4.98 Å². The highest BCUT2D eigenvalue weighted by Crippen LogP contribution is 2.42. The van der Waals surface area contributed by atoms with Crippen LogP contribution in [0.25, 0.3) is 11.3 Å². The van der Waals surface area contributed by atoms with Gasteiger partial charge >= 0.3 is 0 Å². The van der Waals surface area contributed by atoms with Crippen LogP contribution in [0, 0.1) is 5.82 Å². The van der Waals surface area contributed by atoms with Crippen LogP contribution in [-0.2, 0) is 10.2 Å². The van der Waals surface area contributed by atoms with E-state index in [-0.39, 0.29) is 11.7 Å². The van der Waals surface area contributed by atoms with Gasteiger partial charge in [0.15, 0.2) is 12.2 Å². The standard InChI is InChI=1S/C21H19FN2O2/c22-17-7-5-16(6-8-17)21(11-1-2-12-21)20(25)24-18-9-3-15(4-10-18)19-13-23-14-26-19/h3-10,13-14H,1-2,11-12H2,(H,24,25). The van der Waals surface area contributed by atoms with Crippen molar-refractivity contribution in [1.29, 1.82) is 0 Å². The molecule has 0 radical (unpaired) electrons. The number of carbonyl (C=O) groups excluding carboxylic acids is 1. The number of oxazole rings is 1. The number of nitrogens with zero attached hydrogens (tertiary/aromatic N) is 1. The molecular weight excluding hydrogens is 331 g/mol. The van der Waals surface area contributed by atoms with Crippen LogP contribution in [0.15, 0.2) is 65.5 Å². The normalized spacial score (nSPS) is 15.7. The van der Waals surface area contributed by atoms with Crippen LogP contribution in [0.2, 0.25) is 0 Å². The second-order valence-electron chi connectivity index (χ2n) is 6.69. The smallest absolute Gasteiger partial charge is 0.235 e. The van der Waals surface area contributed by atoms with Crippen LogP contribution in [0.5, 0.6) is 0 Å². The zero-order valence-electron chi connectivity index (χ0n) is 14.2. The maximum atomic E-state index is 13.3. The largest absolute Gasteiger partial charge is 0.444 e. The third-order valence-corrected chi connectivity index (χ3v) is 5.15. The monoisotopic (exact) mass is 350 g/mol. The average Bonchev–Trinajstić information content (AvgIpc) is 3.36.